The van der Waals surface area contributed by atoms with Gasteiger partial charge in [0.1, 0.15) is 5.75 Å². The van der Waals surface area contributed by atoms with E-state index in [-0.39, 0.29) is 17.6 Å². The second-order valence-electron chi connectivity index (χ2n) is 5.71. The van der Waals surface area contributed by atoms with Crippen LogP contribution in [-0.4, -0.2) is 16.0 Å². The van der Waals surface area contributed by atoms with E-state index < -0.39 is 0 Å². The van der Waals surface area contributed by atoms with Gasteiger partial charge < -0.3 is 10.4 Å². The number of anilines is 1. The number of thiazole rings is 1. The zero-order valence-electron chi connectivity index (χ0n) is 13.2. The third kappa shape index (κ3) is 4.31. The van der Waals surface area contributed by atoms with Crippen LogP contribution in [-0.2, 0) is 11.2 Å². The molecule has 0 fully saturated rings. The summed E-state index contributed by atoms with van der Waals surface area (Å²) in [6.45, 7) is 5.92. The molecule has 5 heteroatoms. The molecule has 22 heavy (non-hydrogen) atoms. The van der Waals surface area contributed by atoms with Crippen LogP contribution in [0.15, 0.2) is 23.7 Å². The number of aromatic hydroxyl groups is 1. The lowest BCUT2D eigenvalue weighted by atomic mass is 9.99. The quantitative estimate of drug-likeness (QED) is 0.783. The van der Waals surface area contributed by atoms with Gasteiger partial charge in [-0.05, 0) is 48.9 Å². The van der Waals surface area contributed by atoms with Crippen molar-refractivity contribution < 1.29 is 9.90 Å². The minimum atomic E-state index is 0.0000482. The maximum atomic E-state index is 12.1. The third-order valence-corrected chi connectivity index (χ3v) is 4.39. The molecule has 2 N–H and O–H groups in total. The monoisotopic (exact) mass is 318 g/mol. The topological polar surface area (TPSA) is 62.2 Å². The van der Waals surface area contributed by atoms with Crippen LogP contribution in [0.2, 0.25) is 0 Å². The van der Waals surface area contributed by atoms with E-state index in [9.17, 15) is 9.90 Å². The molecular formula is C17H22N2O2S. The molecule has 1 aromatic carbocycles. The molecule has 0 atom stereocenters. The zero-order valence-corrected chi connectivity index (χ0v) is 14.0. The summed E-state index contributed by atoms with van der Waals surface area (Å²) in [5, 5.41) is 15.9. The lowest BCUT2D eigenvalue weighted by Crippen LogP contribution is -2.13. The van der Waals surface area contributed by atoms with E-state index in [0.29, 0.717) is 6.42 Å². The summed E-state index contributed by atoms with van der Waals surface area (Å²) in [6, 6.07) is 3.58. The Morgan fingerprint density at radius 2 is 2.18 bits per heavy atom. The van der Waals surface area contributed by atoms with Crippen molar-refractivity contribution in [2.24, 2.45) is 0 Å². The standard InChI is InChI=1S/C17H22N2O2S/c1-11(2)13-10-14(12(3)9-15(13)20)19-16(21)5-4-6-17-18-7-8-22-17/h7-11,20H,4-6H2,1-3H3,(H,19,21). The number of carbonyl (C=O) groups excluding carboxylic acids is 1. The highest BCUT2D eigenvalue weighted by Crippen LogP contribution is 2.31. The van der Waals surface area contributed by atoms with Crippen LogP contribution in [0.4, 0.5) is 5.69 Å². The number of hydrogen-bond donors (Lipinski definition) is 2. The van der Waals surface area contributed by atoms with E-state index in [1.54, 1.807) is 23.6 Å². The number of benzene rings is 1. The maximum Gasteiger partial charge on any atom is 0.224 e. The Morgan fingerprint density at radius 1 is 1.41 bits per heavy atom. The average molecular weight is 318 g/mol. The lowest BCUT2D eigenvalue weighted by Gasteiger charge is -2.14. The van der Waals surface area contributed by atoms with Crippen molar-refractivity contribution in [1.29, 1.82) is 0 Å². The van der Waals surface area contributed by atoms with E-state index in [1.165, 1.54) is 0 Å². The molecule has 0 spiro atoms. The van der Waals surface area contributed by atoms with Crippen LogP contribution < -0.4 is 5.32 Å². The molecule has 2 aromatic rings. The molecule has 0 aliphatic rings. The number of rotatable bonds is 6. The van der Waals surface area contributed by atoms with Gasteiger partial charge in [-0.15, -0.1) is 11.3 Å². The number of carbonyl (C=O) groups is 1. The van der Waals surface area contributed by atoms with Gasteiger partial charge in [-0.2, -0.15) is 0 Å². The van der Waals surface area contributed by atoms with Gasteiger partial charge in [-0.25, -0.2) is 4.98 Å². The predicted octanol–water partition coefficient (Wildman–Crippen LogP) is 4.24. The van der Waals surface area contributed by atoms with E-state index in [2.05, 4.69) is 10.3 Å². The fourth-order valence-electron chi connectivity index (χ4n) is 2.30. The number of nitrogens with zero attached hydrogens (tertiary/aromatic N) is 1. The molecule has 0 aliphatic heterocycles. The summed E-state index contributed by atoms with van der Waals surface area (Å²) in [5.74, 6) is 0.496. The maximum absolute atomic E-state index is 12.1. The van der Waals surface area contributed by atoms with Crippen molar-refractivity contribution in [1.82, 2.24) is 4.98 Å². The van der Waals surface area contributed by atoms with Crippen LogP contribution >= 0.6 is 11.3 Å². The molecule has 1 heterocycles. The van der Waals surface area contributed by atoms with Crippen LogP contribution in [0.5, 0.6) is 5.75 Å². The second kappa shape index (κ2) is 7.40. The molecule has 1 aromatic heterocycles. The van der Waals surface area contributed by atoms with Gasteiger partial charge in [-0.3, -0.25) is 4.79 Å². The van der Waals surface area contributed by atoms with E-state index in [4.69, 9.17) is 0 Å². The molecular weight excluding hydrogens is 296 g/mol. The number of phenols is 1. The van der Waals surface area contributed by atoms with Crippen molar-refractivity contribution >= 4 is 22.9 Å². The molecule has 0 unspecified atom stereocenters. The Morgan fingerprint density at radius 3 is 2.82 bits per heavy atom. The fraction of sp³-hybridized carbons (Fsp3) is 0.412. The highest BCUT2D eigenvalue weighted by atomic mass is 32.1. The molecule has 0 saturated heterocycles. The predicted molar refractivity (Wildman–Crippen MR) is 90.6 cm³/mol. The number of aryl methyl sites for hydroxylation is 2. The average Bonchev–Trinajstić information content (AvgIpc) is 2.94. The fourth-order valence-corrected chi connectivity index (χ4v) is 2.96. The van der Waals surface area contributed by atoms with Gasteiger partial charge in [0.25, 0.3) is 0 Å². The molecule has 4 nitrogen and oxygen atoms in total. The van der Waals surface area contributed by atoms with Crippen LogP contribution in [0.3, 0.4) is 0 Å². The minimum Gasteiger partial charge on any atom is -0.508 e. The normalized spacial score (nSPS) is 10.9. The lowest BCUT2D eigenvalue weighted by molar-refractivity contribution is -0.116. The van der Waals surface area contributed by atoms with Gasteiger partial charge in [0.2, 0.25) is 5.91 Å². The van der Waals surface area contributed by atoms with Crippen molar-refractivity contribution in [3.05, 3.63) is 39.8 Å². The van der Waals surface area contributed by atoms with Gasteiger partial charge in [-0.1, -0.05) is 13.8 Å². The van der Waals surface area contributed by atoms with Crippen LogP contribution in [0, 0.1) is 6.92 Å². The van der Waals surface area contributed by atoms with Crippen LogP contribution in [0.1, 0.15) is 48.7 Å². The van der Waals surface area contributed by atoms with Gasteiger partial charge in [0.15, 0.2) is 0 Å². The van der Waals surface area contributed by atoms with Gasteiger partial charge in [0, 0.05) is 23.7 Å². The summed E-state index contributed by atoms with van der Waals surface area (Å²) in [5.41, 5.74) is 2.50. The zero-order chi connectivity index (χ0) is 16.1. The highest BCUT2D eigenvalue weighted by molar-refractivity contribution is 7.09. The molecule has 0 aliphatic carbocycles. The first kappa shape index (κ1) is 16.5. The molecule has 2 rings (SSSR count). The van der Waals surface area contributed by atoms with E-state index >= 15 is 0 Å². The Balaban J connectivity index is 1.94. The smallest absolute Gasteiger partial charge is 0.224 e. The highest BCUT2D eigenvalue weighted by Gasteiger charge is 2.12. The first-order chi connectivity index (χ1) is 10.5. The Labute approximate surface area is 135 Å². The number of amides is 1. The summed E-state index contributed by atoms with van der Waals surface area (Å²) in [6.07, 6.45) is 3.87. The van der Waals surface area contributed by atoms with Gasteiger partial charge in [0.05, 0.1) is 5.01 Å². The molecule has 0 radical (unpaired) electrons. The van der Waals surface area contributed by atoms with E-state index in [1.807, 2.05) is 32.2 Å². The van der Waals surface area contributed by atoms with Crippen LogP contribution in [0.25, 0.3) is 0 Å². The van der Waals surface area contributed by atoms with E-state index in [0.717, 1.165) is 34.7 Å². The largest absolute Gasteiger partial charge is 0.508 e. The number of nitrogens with one attached hydrogen (secondary N) is 1. The number of hydrogen-bond acceptors (Lipinski definition) is 4. The minimum absolute atomic E-state index is 0.0000482. The first-order valence-corrected chi connectivity index (χ1v) is 8.37. The Hall–Kier alpha value is -1.88. The number of phenolic OH excluding ortho intramolecular Hbond substituents is 1. The second-order valence-corrected chi connectivity index (χ2v) is 6.69. The third-order valence-electron chi connectivity index (χ3n) is 3.55. The van der Waals surface area contributed by atoms with Gasteiger partial charge >= 0.3 is 0 Å². The Kier molecular flexibility index (Phi) is 5.55. The SMILES string of the molecule is Cc1cc(O)c(C(C)C)cc1NC(=O)CCCc1nccs1. The molecule has 0 saturated carbocycles. The molecule has 118 valence electrons. The Bertz CT molecular complexity index is 636. The summed E-state index contributed by atoms with van der Waals surface area (Å²) in [4.78, 5) is 16.3. The summed E-state index contributed by atoms with van der Waals surface area (Å²) < 4.78 is 0. The summed E-state index contributed by atoms with van der Waals surface area (Å²) >= 11 is 1.62. The van der Waals surface area contributed by atoms with Crippen molar-refractivity contribution in [3.63, 3.8) is 0 Å². The van der Waals surface area contributed by atoms with Crippen molar-refractivity contribution in [2.75, 3.05) is 5.32 Å². The summed E-state index contributed by atoms with van der Waals surface area (Å²) in [7, 11) is 0. The van der Waals surface area contributed by atoms with Crippen molar-refractivity contribution in [2.45, 2.75) is 46.0 Å². The first-order valence-electron chi connectivity index (χ1n) is 7.49. The molecule has 0 bridgehead atoms. The number of aromatic nitrogens is 1. The molecule has 1 amide bonds. The van der Waals surface area contributed by atoms with Crippen molar-refractivity contribution in [3.8, 4) is 5.75 Å².